The first-order valence-electron chi connectivity index (χ1n) is 23.1. The van der Waals surface area contributed by atoms with Crippen molar-refractivity contribution >= 4 is 0 Å². The molecule has 0 aliphatic heterocycles. The molecular weight excluding hydrogens is 577 g/mol. The van der Waals surface area contributed by atoms with Crippen LogP contribution in [0, 0.1) is 107 Å². The van der Waals surface area contributed by atoms with E-state index < -0.39 is 0 Å². The third kappa shape index (κ3) is 8.95. The minimum absolute atomic E-state index is 1.01. The highest BCUT2D eigenvalue weighted by molar-refractivity contribution is 5.07. The van der Waals surface area contributed by atoms with Gasteiger partial charge in [-0.25, -0.2) is 0 Å². The summed E-state index contributed by atoms with van der Waals surface area (Å²) in [4.78, 5) is 0. The van der Waals surface area contributed by atoms with Gasteiger partial charge in [-0.1, -0.05) is 133 Å². The quantitative estimate of drug-likeness (QED) is 0.242. The zero-order valence-corrected chi connectivity index (χ0v) is 34.5. The summed E-state index contributed by atoms with van der Waals surface area (Å²) in [7, 11) is 0. The summed E-state index contributed by atoms with van der Waals surface area (Å²) in [5.41, 5.74) is 0. The van der Waals surface area contributed by atoms with Crippen molar-refractivity contribution in [2.45, 2.75) is 198 Å². The second-order valence-electron chi connectivity index (χ2n) is 20.7. The van der Waals surface area contributed by atoms with Crippen LogP contribution in [0.1, 0.15) is 198 Å². The van der Waals surface area contributed by atoms with Gasteiger partial charge in [0.2, 0.25) is 0 Å². The van der Waals surface area contributed by atoms with E-state index in [1.807, 2.05) is 0 Å². The molecular formula is C48H88. The van der Waals surface area contributed by atoms with Gasteiger partial charge in [-0.2, -0.15) is 0 Å². The predicted molar refractivity (Wildman–Crippen MR) is 212 cm³/mol. The second-order valence-corrected chi connectivity index (χ2v) is 20.7. The minimum atomic E-state index is 1.01. The van der Waals surface area contributed by atoms with Crippen molar-refractivity contribution in [2.75, 3.05) is 0 Å². The molecule has 8 saturated carbocycles. The van der Waals surface area contributed by atoms with E-state index in [0.717, 1.165) is 101 Å². The number of hydrogen-bond donors (Lipinski definition) is 0. The van der Waals surface area contributed by atoms with Crippen molar-refractivity contribution in [2.24, 2.45) is 107 Å². The van der Waals surface area contributed by atoms with E-state index in [1.165, 1.54) is 89.4 Å². The maximum absolute atomic E-state index is 2.54. The first-order valence-corrected chi connectivity index (χ1v) is 23.1. The van der Waals surface area contributed by atoms with E-state index >= 15 is 0 Å². The topological polar surface area (TPSA) is 0 Å². The summed E-state index contributed by atoms with van der Waals surface area (Å²) < 4.78 is 0. The Kier molecular flexibility index (Phi) is 14.8. The molecule has 0 radical (unpaired) electrons. The molecule has 48 heavy (non-hydrogen) atoms. The standard InChI is InChI=1S/C15H26.C14H24.C10H20.C9H18/c1-4-5-11-7-10(3)14-12-6-9(2)13(8-12)15(11)14;1-3-4-10-7-9(2)13-11-5-6-12(8-11)14(10)13;1-4-5-10-7-8(2)6-9(10)3;1-3-4-9-6-5-8(2)7-9/h9-15H,4-8H2,1-3H3;9-14H,3-8H2,1-2H3;8-10H,4-7H2,1-3H3;8-9H,3-7H2,1-2H3. The first-order chi connectivity index (χ1) is 23.1. The van der Waals surface area contributed by atoms with Crippen molar-refractivity contribution in [3.63, 3.8) is 0 Å². The van der Waals surface area contributed by atoms with Crippen LogP contribution < -0.4 is 0 Å². The molecule has 18 atom stereocenters. The molecule has 0 amide bonds. The van der Waals surface area contributed by atoms with E-state index in [-0.39, 0.29) is 0 Å². The molecule has 18 unspecified atom stereocenters. The van der Waals surface area contributed by atoms with Gasteiger partial charge >= 0.3 is 0 Å². The predicted octanol–water partition coefficient (Wildman–Crippen LogP) is 15.1. The van der Waals surface area contributed by atoms with E-state index in [0.29, 0.717) is 0 Å². The molecule has 4 bridgehead atoms. The van der Waals surface area contributed by atoms with Crippen LogP contribution in [0.4, 0.5) is 0 Å². The van der Waals surface area contributed by atoms with Gasteiger partial charge in [-0.05, 0) is 171 Å². The summed E-state index contributed by atoms with van der Waals surface area (Å²) in [6, 6.07) is 0. The maximum atomic E-state index is 2.54. The Morgan fingerprint density at radius 3 is 1.46 bits per heavy atom. The van der Waals surface area contributed by atoms with Gasteiger partial charge in [0.25, 0.3) is 0 Å². The van der Waals surface area contributed by atoms with Crippen LogP contribution in [0.2, 0.25) is 0 Å². The zero-order chi connectivity index (χ0) is 34.5. The number of fused-ring (bicyclic) bond motifs is 10. The molecule has 0 aromatic rings. The highest BCUT2D eigenvalue weighted by Crippen LogP contribution is 2.65. The van der Waals surface area contributed by atoms with Crippen LogP contribution in [0.3, 0.4) is 0 Å². The van der Waals surface area contributed by atoms with Gasteiger partial charge in [-0.15, -0.1) is 0 Å². The van der Waals surface area contributed by atoms with Crippen molar-refractivity contribution in [1.29, 1.82) is 0 Å². The molecule has 0 spiro atoms. The highest BCUT2D eigenvalue weighted by atomic mass is 14.6. The molecule has 0 aromatic carbocycles. The molecule has 0 aromatic heterocycles. The third-order valence-electron chi connectivity index (χ3n) is 17.0. The summed E-state index contributed by atoms with van der Waals surface area (Å²) in [6.07, 6.45) is 30.1. The summed E-state index contributed by atoms with van der Waals surface area (Å²) in [6.45, 7) is 24.1. The fourth-order valence-corrected chi connectivity index (χ4v) is 15.6. The largest absolute Gasteiger partial charge is 0.0654 e. The zero-order valence-electron chi connectivity index (χ0n) is 34.5. The number of rotatable bonds is 8. The van der Waals surface area contributed by atoms with Crippen molar-refractivity contribution < 1.29 is 0 Å². The molecule has 0 heterocycles. The molecule has 0 heteroatoms. The van der Waals surface area contributed by atoms with Gasteiger partial charge in [-0.3, -0.25) is 0 Å². The summed E-state index contributed by atoms with van der Waals surface area (Å²) in [5.74, 6) is 19.8. The SMILES string of the molecule is CCCC1CC(C)C2C3CC(C)C(C3)C12.CCCC1CC(C)C2C3CCC(C3)C12.CCCC1CC(C)CC1C.CCCC1CCC(C)C1. The second kappa shape index (κ2) is 18.2. The van der Waals surface area contributed by atoms with E-state index in [1.54, 1.807) is 44.9 Å². The lowest BCUT2D eigenvalue weighted by Gasteiger charge is -2.34. The molecule has 8 fully saturated rings. The van der Waals surface area contributed by atoms with Crippen LogP contribution >= 0.6 is 0 Å². The van der Waals surface area contributed by atoms with E-state index in [2.05, 4.69) is 69.2 Å². The Morgan fingerprint density at radius 1 is 0.354 bits per heavy atom. The summed E-state index contributed by atoms with van der Waals surface area (Å²) >= 11 is 0. The Bertz CT molecular complexity index is 917. The van der Waals surface area contributed by atoms with Crippen molar-refractivity contribution in [3.8, 4) is 0 Å². The van der Waals surface area contributed by atoms with Gasteiger partial charge in [0.1, 0.15) is 0 Å². The molecule has 8 rings (SSSR count). The van der Waals surface area contributed by atoms with Crippen molar-refractivity contribution in [3.05, 3.63) is 0 Å². The Hall–Kier alpha value is 0. The molecule has 0 N–H and O–H groups in total. The Morgan fingerprint density at radius 2 is 0.917 bits per heavy atom. The fourth-order valence-electron chi connectivity index (χ4n) is 15.6. The lowest BCUT2D eigenvalue weighted by Crippen LogP contribution is -2.28. The molecule has 0 nitrogen and oxygen atoms in total. The average molecular weight is 665 g/mol. The van der Waals surface area contributed by atoms with E-state index in [4.69, 9.17) is 0 Å². The molecule has 0 saturated heterocycles. The van der Waals surface area contributed by atoms with Crippen LogP contribution in [-0.2, 0) is 0 Å². The normalized spacial score (nSPS) is 49.1. The number of hydrogen-bond acceptors (Lipinski definition) is 0. The first kappa shape index (κ1) is 39.2. The van der Waals surface area contributed by atoms with Gasteiger partial charge < -0.3 is 0 Å². The van der Waals surface area contributed by atoms with Crippen LogP contribution in [0.25, 0.3) is 0 Å². The van der Waals surface area contributed by atoms with Gasteiger partial charge in [0.15, 0.2) is 0 Å². The molecule has 8 aliphatic carbocycles. The van der Waals surface area contributed by atoms with Crippen LogP contribution in [-0.4, -0.2) is 0 Å². The van der Waals surface area contributed by atoms with Crippen molar-refractivity contribution in [1.82, 2.24) is 0 Å². The lowest BCUT2D eigenvalue weighted by atomic mass is 9.71. The maximum Gasteiger partial charge on any atom is -0.0321 e. The van der Waals surface area contributed by atoms with Crippen LogP contribution in [0.15, 0.2) is 0 Å². The molecule has 8 aliphatic rings. The smallest absolute Gasteiger partial charge is 0.0321 e. The van der Waals surface area contributed by atoms with Gasteiger partial charge in [0.05, 0.1) is 0 Å². The van der Waals surface area contributed by atoms with E-state index in [9.17, 15) is 0 Å². The third-order valence-corrected chi connectivity index (χ3v) is 17.0. The van der Waals surface area contributed by atoms with Gasteiger partial charge in [0, 0.05) is 0 Å². The average Bonchev–Trinajstić information content (AvgIpc) is 3.90. The fraction of sp³-hybridized carbons (Fsp3) is 1.00. The van der Waals surface area contributed by atoms with Crippen LogP contribution in [0.5, 0.6) is 0 Å². The highest BCUT2D eigenvalue weighted by Gasteiger charge is 2.58. The Labute approximate surface area is 303 Å². The molecule has 280 valence electrons. The summed E-state index contributed by atoms with van der Waals surface area (Å²) in [5, 5.41) is 0. The lowest BCUT2D eigenvalue weighted by molar-refractivity contribution is 0.145. The minimum Gasteiger partial charge on any atom is -0.0654 e. The monoisotopic (exact) mass is 665 g/mol. The Balaban J connectivity index is 0.000000128.